The van der Waals surface area contributed by atoms with Gasteiger partial charge in [0.15, 0.2) is 0 Å². The summed E-state index contributed by atoms with van der Waals surface area (Å²) in [6.07, 6.45) is 35.9. The standard InChI is InChI=1S/C32H67NO/c1-4-5-6-7-8-9-10-11-12-15-18-21-24-27-30-33(34)31-28-25-22-19-16-13-14-17-20-23-26-29-32(2)3/h32-33H,4-31H2,1-3H3. The van der Waals surface area contributed by atoms with E-state index in [0.717, 1.165) is 31.8 Å². The second-order valence-corrected chi connectivity index (χ2v) is 11.7. The maximum Gasteiger partial charge on any atom is 0.0768 e. The molecule has 1 N–H and O–H groups in total. The van der Waals surface area contributed by atoms with Gasteiger partial charge >= 0.3 is 0 Å². The summed E-state index contributed by atoms with van der Waals surface area (Å²) < 4.78 is 0. The Morgan fingerprint density at radius 1 is 0.412 bits per heavy atom. The van der Waals surface area contributed by atoms with Crippen molar-refractivity contribution in [1.29, 1.82) is 0 Å². The molecule has 0 aliphatic heterocycles. The predicted octanol–water partition coefficient (Wildman–Crippen LogP) is 10.2. The zero-order valence-corrected chi connectivity index (χ0v) is 24.3. The van der Waals surface area contributed by atoms with E-state index in [-0.39, 0.29) is 0 Å². The van der Waals surface area contributed by atoms with E-state index in [1.807, 2.05) is 0 Å². The molecule has 0 amide bonds. The number of hydroxylamine groups is 2. The number of quaternary nitrogens is 1. The van der Waals surface area contributed by atoms with Gasteiger partial charge in [-0.25, -0.2) is 0 Å². The zero-order chi connectivity index (χ0) is 25.0. The molecule has 0 aliphatic carbocycles. The average Bonchev–Trinajstić information content (AvgIpc) is 2.82. The monoisotopic (exact) mass is 482 g/mol. The maximum atomic E-state index is 12.1. The maximum absolute atomic E-state index is 12.1. The Bertz CT molecular complexity index is 357. The molecule has 34 heavy (non-hydrogen) atoms. The first-order valence-electron chi connectivity index (χ1n) is 16.2. The lowest BCUT2D eigenvalue weighted by Gasteiger charge is -2.22. The summed E-state index contributed by atoms with van der Waals surface area (Å²) in [4.78, 5) is 0. The highest BCUT2D eigenvalue weighted by Gasteiger charge is 2.00. The molecule has 2 heteroatoms. The molecule has 0 aromatic rings. The van der Waals surface area contributed by atoms with Crippen molar-refractivity contribution in [2.75, 3.05) is 13.1 Å². The van der Waals surface area contributed by atoms with Gasteiger partial charge in [-0.2, -0.15) is 0 Å². The van der Waals surface area contributed by atoms with Gasteiger partial charge in [0, 0.05) is 0 Å². The number of nitrogens with one attached hydrogen (secondary N) is 1. The molecular weight excluding hydrogens is 414 g/mol. The van der Waals surface area contributed by atoms with E-state index in [2.05, 4.69) is 20.8 Å². The Labute approximate surface area is 217 Å². The van der Waals surface area contributed by atoms with Crippen LogP contribution in [0, 0.1) is 11.1 Å². The minimum Gasteiger partial charge on any atom is -0.634 e. The van der Waals surface area contributed by atoms with Gasteiger partial charge in [0.05, 0.1) is 13.1 Å². The summed E-state index contributed by atoms with van der Waals surface area (Å²) in [6, 6.07) is 0. The molecule has 1 unspecified atom stereocenters. The topological polar surface area (TPSA) is 27.5 Å². The predicted molar refractivity (Wildman–Crippen MR) is 155 cm³/mol. The van der Waals surface area contributed by atoms with Crippen LogP contribution in [0.25, 0.3) is 0 Å². The minimum atomic E-state index is 0.524. The summed E-state index contributed by atoms with van der Waals surface area (Å²) in [5, 5.41) is 12.6. The molecule has 206 valence electrons. The molecule has 0 rings (SSSR count). The van der Waals surface area contributed by atoms with E-state index in [1.54, 1.807) is 0 Å². The minimum absolute atomic E-state index is 0.524. The van der Waals surface area contributed by atoms with E-state index in [0.29, 0.717) is 5.06 Å². The van der Waals surface area contributed by atoms with Gasteiger partial charge in [-0.3, -0.25) is 0 Å². The third-order valence-electron chi connectivity index (χ3n) is 7.55. The summed E-state index contributed by atoms with van der Waals surface area (Å²) in [5.41, 5.74) is 0. The molecule has 1 atom stereocenters. The van der Waals surface area contributed by atoms with Gasteiger partial charge in [0.2, 0.25) is 0 Å². The Balaban J connectivity index is 3.14. The van der Waals surface area contributed by atoms with Crippen LogP contribution in [-0.4, -0.2) is 13.1 Å². The zero-order valence-electron chi connectivity index (χ0n) is 24.3. The van der Waals surface area contributed by atoms with Crippen molar-refractivity contribution in [3.05, 3.63) is 5.21 Å². The fourth-order valence-corrected chi connectivity index (χ4v) is 5.11. The Hall–Kier alpha value is -0.0800. The summed E-state index contributed by atoms with van der Waals surface area (Å²) in [7, 11) is 0. The fraction of sp³-hybridized carbons (Fsp3) is 1.00. The summed E-state index contributed by atoms with van der Waals surface area (Å²) in [5.74, 6) is 0.874. The Kier molecular flexibility index (Phi) is 29.1. The van der Waals surface area contributed by atoms with Crippen LogP contribution in [0.5, 0.6) is 0 Å². The first-order valence-corrected chi connectivity index (χ1v) is 16.2. The van der Waals surface area contributed by atoms with Gasteiger partial charge in [-0.15, -0.1) is 0 Å². The molecule has 2 nitrogen and oxygen atoms in total. The smallest absolute Gasteiger partial charge is 0.0768 e. The fourth-order valence-electron chi connectivity index (χ4n) is 5.11. The summed E-state index contributed by atoms with van der Waals surface area (Å²) >= 11 is 0. The van der Waals surface area contributed by atoms with E-state index >= 15 is 0 Å². The lowest BCUT2D eigenvalue weighted by Crippen LogP contribution is -3.07. The second-order valence-electron chi connectivity index (χ2n) is 11.7. The van der Waals surface area contributed by atoms with Crippen LogP contribution < -0.4 is 5.06 Å². The first kappa shape index (κ1) is 33.9. The highest BCUT2D eigenvalue weighted by atomic mass is 16.5. The largest absolute Gasteiger partial charge is 0.634 e. The average molecular weight is 482 g/mol. The van der Waals surface area contributed by atoms with Crippen LogP contribution in [0.1, 0.15) is 188 Å². The van der Waals surface area contributed by atoms with Crippen molar-refractivity contribution in [3.8, 4) is 0 Å². The molecule has 0 aromatic heterocycles. The third kappa shape index (κ3) is 30.0. The van der Waals surface area contributed by atoms with Crippen molar-refractivity contribution in [1.82, 2.24) is 0 Å². The molecule has 0 spiro atoms. The second kappa shape index (κ2) is 29.2. The van der Waals surface area contributed by atoms with Crippen LogP contribution in [-0.2, 0) is 0 Å². The lowest BCUT2D eigenvalue weighted by molar-refractivity contribution is -0.848. The van der Waals surface area contributed by atoms with Crippen LogP contribution in [0.3, 0.4) is 0 Å². The Morgan fingerprint density at radius 2 is 0.676 bits per heavy atom. The summed E-state index contributed by atoms with van der Waals surface area (Å²) in [6.45, 7) is 8.64. The quantitative estimate of drug-likeness (QED) is 0.0834. The third-order valence-corrected chi connectivity index (χ3v) is 7.55. The molecular formula is C32H67NO. The van der Waals surface area contributed by atoms with Crippen molar-refractivity contribution in [2.24, 2.45) is 5.92 Å². The molecule has 0 saturated carbocycles. The van der Waals surface area contributed by atoms with Gasteiger partial charge < -0.3 is 10.3 Å². The number of unbranched alkanes of at least 4 members (excludes halogenated alkanes) is 23. The van der Waals surface area contributed by atoms with E-state index in [1.165, 1.54) is 154 Å². The highest BCUT2D eigenvalue weighted by molar-refractivity contribution is 4.51. The SMILES string of the molecule is CCCCCCCCCCCCCCCC[NH+]([O-])CCCCCCCCCCCCCC(C)C. The first-order chi connectivity index (χ1) is 16.7. The molecule has 0 heterocycles. The molecule has 0 bridgehead atoms. The molecule has 0 saturated heterocycles. The van der Waals surface area contributed by atoms with Crippen molar-refractivity contribution < 1.29 is 5.06 Å². The number of rotatable bonds is 29. The Morgan fingerprint density at radius 3 is 0.971 bits per heavy atom. The van der Waals surface area contributed by atoms with Crippen molar-refractivity contribution in [3.63, 3.8) is 0 Å². The van der Waals surface area contributed by atoms with E-state index < -0.39 is 0 Å². The van der Waals surface area contributed by atoms with Gasteiger partial charge in [0.1, 0.15) is 0 Å². The van der Waals surface area contributed by atoms with Crippen LogP contribution >= 0.6 is 0 Å². The van der Waals surface area contributed by atoms with Crippen LogP contribution in [0.15, 0.2) is 0 Å². The van der Waals surface area contributed by atoms with Crippen LogP contribution in [0.2, 0.25) is 0 Å². The molecule has 0 radical (unpaired) electrons. The van der Waals surface area contributed by atoms with Gasteiger partial charge in [-0.05, 0) is 31.6 Å². The lowest BCUT2D eigenvalue weighted by atomic mass is 10.0. The molecule has 0 fully saturated rings. The van der Waals surface area contributed by atoms with E-state index in [4.69, 9.17) is 0 Å². The van der Waals surface area contributed by atoms with E-state index in [9.17, 15) is 5.21 Å². The van der Waals surface area contributed by atoms with Crippen molar-refractivity contribution in [2.45, 2.75) is 188 Å². The molecule has 0 aliphatic rings. The van der Waals surface area contributed by atoms with Gasteiger partial charge in [-0.1, -0.05) is 162 Å². The van der Waals surface area contributed by atoms with Gasteiger partial charge in [0.25, 0.3) is 0 Å². The molecule has 0 aromatic carbocycles. The normalized spacial score (nSPS) is 12.6. The van der Waals surface area contributed by atoms with Crippen molar-refractivity contribution >= 4 is 0 Å². The van der Waals surface area contributed by atoms with Crippen LogP contribution in [0.4, 0.5) is 0 Å². The highest BCUT2D eigenvalue weighted by Crippen LogP contribution is 2.14. The number of hydrogen-bond donors (Lipinski definition) is 1. The number of hydrogen-bond acceptors (Lipinski definition) is 1.